The van der Waals surface area contributed by atoms with E-state index in [4.69, 9.17) is 4.74 Å². The van der Waals surface area contributed by atoms with Crippen molar-refractivity contribution in [2.24, 2.45) is 0 Å². The number of hydrogen-bond acceptors (Lipinski definition) is 3. The van der Waals surface area contributed by atoms with Crippen LogP contribution in [-0.2, 0) is 0 Å². The Kier molecular flexibility index (Phi) is 4.00. The largest absolute Gasteiger partial charge is 0.497 e. The quantitative estimate of drug-likeness (QED) is 0.496. The zero-order chi connectivity index (χ0) is 19.1. The summed E-state index contributed by atoms with van der Waals surface area (Å²) in [5.41, 5.74) is 2.63. The second kappa shape index (κ2) is 6.36. The van der Waals surface area contributed by atoms with Crippen LogP contribution in [0.25, 0.3) is 16.4 Å². The lowest BCUT2D eigenvalue weighted by molar-refractivity contribution is 0.101. The van der Waals surface area contributed by atoms with E-state index in [2.05, 4.69) is 0 Å². The van der Waals surface area contributed by atoms with Crippen LogP contribution in [0.3, 0.4) is 0 Å². The maximum absolute atomic E-state index is 13.2. The molecule has 0 fully saturated rings. The molecule has 2 aromatic heterocycles. The van der Waals surface area contributed by atoms with Crippen molar-refractivity contribution >= 4 is 28.0 Å². The zero-order valence-corrected chi connectivity index (χ0v) is 14.8. The van der Waals surface area contributed by atoms with E-state index in [1.165, 1.54) is 31.2 Å². The summed E-state index contributed by atoms with van der Waals surface area (Å²) in [6.45, 7) is 1.47. The SMILES string of the molecule is COc1ccc2c(ccc3c(C(C)=O)cc(C(=O)c4ccc(F)cc4)n32)c1. The number of Topliss-reactive ketones (excluding diaryl/α,β-unsaturated/α-hetero) is 1. The number of methoxy groups -OCH3 is 1. The molecule has 0 aliphatic rings. The van der Waals surface area contributed by atoms with Crippen LogP contribution in [-0.4, -0.2) is 23.1 Å². The molecule has 0 spiro atoms. The fraction of sp³-hybridized carbons (Fsp3) is 0.0909. The standard InChI is InChI=1S/C22H16FNO3/c1-13(25)18-12-21(22(26)14-3-6-16(23)7-4-14)24-19-10-8-17(27-2)11-15(19)5-9-20(18)24/h3-12H,1-2H3. The predicted octanol–water partition coefficient (Wildman–Crippen LogP) is 4.67. The Morgan fingerprint density at radius 2 is 1.63 bits per heavy atom. The summed E-state index contributed by atoms with van der Waals surface area (Å²) in [7, 11) is 1.59. The fourth-order valence-electron chi connectivity index (χ4n) is 3.31. The summed E-state index contributed by atoms with van der Waals surface area (Å²) >= 11 is 0. The first kappa shape index (κ1) is 17.0. The maximum atomic E-state index is 13.2. The summed E-state index contributed by atoms with van der Waals surface area (Å²) in [5.74, 6) is -0.111. The van der Waals surface area contributed by atoms with Crippen LogP contribution in [0.4, 0.5) is 4.39 Å². The number of nitrogens with zero attached hydrogens (tertiary/aromatic N) is 1. The van der Waals surface area contributed by atoms with Gasteiger partial charge in [0.15, 0.2) is 5.78 Å². The maximum Gasteiger partial charge on any atom is 0.209 e. The molecule has 0 atom stereocenters. The van der Waals surface area contributed by atoms with Crippen LogP contribution in [0, 0.1) is 5.82 Å². The minimum Gasteiger partial charge on any atom is -0.497 e. The van der Waals surface area contributed by atoms with Crippen molar-refractivity contribution in [1.82, 2.24) is 4.40 Å². The van der Waals surface area contributed by atoms with Gasteiger partial charge in [0.05, 0.1) is 23.8 Å². The molecular formula is C22H16FNO3. The van der Waals surface area contributed by atoms with Gasteiger partial charge in [0.1, 0.15) is 11.6 Å². The molecule has 0 aliphatic heterocycles. The Hall–Kier alpha value is -3.47. The van der Waals surface area contributed by atoms with E-state index in [9.17, 15) is 14.0 Å². The molecule has 4 nitrogen and oxygen atoms in total. The lowest BCUT2D eigenvalue weighted by Crippen LogP contribution is -2.06. The highest BCUT2D eigenvalue weighted by molar-refractivity contribution is 6.13. The second-order valence-corrected chi connectivity index (χ2v) is 6.31. The molecule has 4 aromatic rings. The third-order valence-electron chi connectivity index (χ3n) is 4.65. The normalized spacial score (nSPS) is 11.1. The second-order valence-electron chi connectivity index (χ2n) is 6.31. The van der Waals surface area contributed by atoms with Crippen molar-refractivity contribution in [1.29, 1.82) is 0 Å². The molecule has 0 unspecified atom stereocenters. The van der Waals surface area contributed by atoms with Crippen molar-refractivity contribution in [3.05, 3.63) is 83.3 Å². The Morgan fingerprint density at radius 1 is 0.926 bits per heavy atom. The summed E-state index contributed by atoms with van der Waals surface area (Å²) < 4.78 is 20.3. The number of benzene rings is 2. The summed E-state index contributed by atoms with van der Waals surface area (Å²) in [6, 6.07) is 16.2. The Labute approximate surface area is 154 Å². The average molecular weight is 361 g/mol. The molecule has 0 bridgehead atoms. The van der Waals surface area contributed by atoms with Crippen molar-refractivity contribution in [2.75, 3.05) is 7.11 Å². The van der Waals surface area contributed by atoms with Gasteiger partial charge >= 0.3 is 0 Å². The number of hydrogen-bond donors (Lipinski definition) is 0. The molecular weight excluding hydrogens is 345 g/mol. The predicted molar refractivity (Wildman–Crippen MR) is 101 cm³/mol. The molecule has 2 aromatic carbocycles. The van der Waals surface area contributed by atoms with E-state index in [1.807, 2.05) is 24.3 Å². The van der Waals surface area contributed by atoms with Gasteiger partial charge in [-0.15, -0.1) is 0 Å². The molecule has 27 heavy (non-hydrogen) atoms. The number of ketones is 2. The van der Waals surface area contributed by atoms with Crippen LogP contribution in [0.1, 0.15) is 33.3 Å². The van der Waals surface area contributed by atoms with Crippen LogP contribution in [0.5, 0.6) is 5.75 Å². The van der Waals surface area contributed by atoms with Gasteiger partial charge in [-0.1, -0.05) is 6.07 Å². The van der Waals surface area contributed by atoms with Crippen LogP contribution in [0.15, 0.2) is 60.7 Å². The Bertz CT molecular complexity index is 1210. The Morgan fingerprint density at radius 3 is 2.30 bits per heavy atom. The molecule has 134 valence electrons. The first-order valence-corrected chi connectivity index (χ1v) is 8.43. The minimum atomic E-state index is -0.409. The van der Waals surface area contributed by atoms with E-state index in [1.54, 1.807) is 23.6 Å². The number of fused-ring (bicyclic) bond motifs is 3. The van der Waals surface area contributed by atoms with Gasteiger partial charge in [0.2, 0.25) is 5.78 Å². The molecule has 0 saturated heterocycles. The van der Waals surface area contributed by atoms with Gasteiger partial charge in [0.25, 0.3) is 0 Å². The van der Waals surface area contributed by atoms with Gasteiger partial charge < -0.3 is 9.14 Å². The summed E-state index contributed by atoms with van der Waals surface area (Å²) in [4.78, 5) is 25.2. The molecule has 0 N–H and O–H groups in total. The third-order valence-corrected chi connectivity index (χ3v) is 4.65. The van der Waals surface area contributed by atoms with E-state index < -0.39 is 5.82 Å². The molecule has 5 heteroatoms. The number of carbonyl (C=O) groups excluding carboxylic acids is 2. The highest BCUT2D eigenvalue weighted by atomic mass is 19.1. The van der Waals surface area contributed by atoms with Crippen LogP contribution < -0.4 is 4.74 Å². The lowest BCUT2D eigenvalue weighted by atomic mass is 10.1. The summed E-state index contributed by atoms with van der Waals surface area (Å²) in [6.07, 6.45) is 0. The Balaban J connectivity index is 2.03. The lowest BCUT2D eigenvalue weighted by Gasteiger charge is -2.09. The van der Waals surface area contributed by atoms with E-state index in [-0.39, 0.29) is 11.6 Å². The third kappa shape index (κ3) is 2.77. The van der Waals surface area contributed by atoms with Gasteiger partial charge in [-0.25, -0.2) is 4.39 Å². The number of halogens is 1. The smallest absolute Gasteiger partial charge is 0.209 e. The fourth-order valence-corrected chi connectivity index (χ4v) is 3.31. The number of ether oxygens (including phenoxy) is 1. The number of pyridine rings is 1. The molecule has 0 amide bonds. The minimum absolute atomic E-state index is 0.126. The molecule has 2 heterocycles. The van der Waals surface area contributed by atoms with Gasteiger partial charge in [-0.05, 0) is 61.5 Å². The van der Waals surface area contributed by atoms with Gasteiger partial charge in [-0.2, -0.15) is 0 Å². The summed E-state index contributed by atoms with van der Waals surface area (Å²) in [5, 5.41) is 0.876. The average Bonchev–Trinajstić information content (AvgIpc) is 3.08. The van der Waals surface area contributed by atoms with Crippen molar-refractivity contribution in [3.8, 4) is 5.75 Å². The molecule has 4 rings (SSSR count). The topological polar surface area (TPSA) is 47.8 Å². The van der Waals surface area contributed by atoms with E-state index >= 15 is 0 Å². The molecule has 0 radical (unpaired) electrons. The van der Waals surface area contributed by atoms with Crippen LogP contribution in [0.2, 0.25) is 0 Å². The highest BCUT2D eigenvalue weighted by Crippen LogP contribution is 2.28. The van der Waals surface area contributed by atoms with E-state index in [0.717, 1.165) is 10.9 Å². The van der Waals surface area contributed by atoms with Gasteiger partial charge in [0, 0.05) is 16.5 Å². The monoisotopic (exact) mass is 361 g/mol. The van der Waals surface area contributed by atoms with E-state index in [0.29, 0.717) is 28.1 Å². The van der Waals surface area contributed by atoms with Crippen molar-refractivity contribution in [2.45, 2.75) is 6.92 Å². The van der Waals surface area contributed by atoms with Crippen molar-refractivity contribution in [3.63, 3.8) is 0 Å². The van der Waals surface area contributed by atoms with Gasteiger partial charge in [-0.3, -0.25) is 9.59 Å². The van der Waals surface area contributed by atoms with Crippen LogP contribution >= 0.6 is 0 Å². The zero-order valence-electron chi connectivity index (χ0n) is 14.8. The highest BCUT2D eigenvalue weighted by Gasteiger charge is 2.20. The first-order valence-electron chi connectivity index (χ1n) is 8.43. The number of rotatable bonds is 4. The number of aromatic nitrogens is 1. The molecule has 0 aliphatic carbocycles. The number of carbonyl (C=O) groups is 2. The van der Waals surface area contributed by atoms with Crippen molar-refractivity contribution < 1.29 is 18.7 Å². The molecule has 0 saturated carbocycles. The first-order chi connectivity index (χ1) is 13.0.